The molecule has 0 bridgehead atoms. The van der Waals surface area contributed by atoms with Crippen LogP contribution in [0.2, 0.25) is 5.02 Å². The minimum Gasteiger partial charge on any atom is -0.511 e. The number of rotatable bonds is 5. The van der Waals surface area contributed by atoms with Gasteiger partial charge in [0.15, 0.2) is 0 Å². The van der Waals surface area contributed by atoms with Crippen molar-refractivity contribution >= 4 is 28.5 Å². The highest BCUT2D eigenvalue weighted by molar-refractivity contribution is 8.14. The Morgan fingerprint density at radius 2 is 1.70 bits per heavy atom. The van der Waals surface area contributed by atoms with Gasteiger partial charge in [-0.2, -0.15) is 5.26 Å². The molecule has 0 unspecified atom stereocenters. The van der Waals surface area contributed by atoms with Gasteiger partial charge in [-0.05, 0) is 62.6 Å². The van der Waals surface area contributed by atoms with Crippen molar-refractivity contribution in [2.24, 2.45) is 0 Å². The molecule has 1 rings (SSSR count). The molecule has 0 aliphatic carbocycles. The fourth-order valence-corrected chi connectivity index (χ4v) is 2.51. The molecule has 0 fully saturated rings. The number of halogens is 1. The zero-order valence-electron chi connectivity index (χ0n) is 14.0. The molecule has 6 heteroatoms. The highest BCUT2D eigenvalue weighted by Crippen LogP contribution is 2.24. The van der Waals surface area contributed by atoms with Crippen molar-refractivity contribution in [1.29, 1.82) is 5.26 Å². The van der Waals surface area contributed by atoms with E-state index in [2.05, 4.69) is 25.7 Å². The number of thioether (sulfide) groups is 1. The summed E-state index contributed by atoms with van der Waals surface area (Å²) in [6.07, 6.45) is 0. The van der Waals surface area contributed by atoms with Crippen LogP contribution in [0, 0.1) is 11.3 Å². The Morgan fingerprint density at radius 1 is 1.22 bits per heavy atom. The quantitative estimate of drug-likeness (QED) is 0.360. The summed E-state index contributed by atoms with van der Waals surface area (Å²) in [6, 6.07) is 8.32. The molecule has 1 N–H and O–H groups in total. The van der Waals surface area contributed by atoms with Crippen LogP contribution in [0.25, 0.3) is 0 Å². The number of carbonyl (C=O) groups is 1. The van der Waals surface area contributed by atoms with E-state index in [1.807, 2.05) is 0 Å². The number of hydrogen-bond donors (Lipinski definition) is 1. The number of allylic oxidation sites excluding steroid dienone is 1. The van der Waals surface area contributed by atoms with Crippen LogP contribution in [-0.2, 0) is 4.79 Å². The SMILES string of the molecule is CC(O)=C(C#N)C(=O)Sc1ccc(Cl)cc1.CCN(CC)CC. The summed E-state index contributed by atoms with van der Waals surface area (Å²) in [5.41, 5.74) is -0.236. The van der Waals surface area contributed by atoms with Gasteiger partial charge >= 0.3 is 0 Å². The van der Waals surface area contributed by atoms with Crippen molar-refractivity contribution in [1.82, 2.24) is 4.90 Å². The smallest absolute Gasteiger partial charge is 0.238 e. The van der Waals surface area contributed by atoms with E-state index in [-0.39, 0.29) is 11.3 Å². The van der Waals surface area contributed by atoms with Crippen molar-refractivity contribution in [3.63, 3.8) is 0 Å². The van der Waals surface area contributed by atoms with E-state index in [4.69, 9.17) is 22.0 Å². The standard InChI is InChI=1S/C11H8ClNO2S.C6H15N/c1-7(14)10(6-13)11(15)16-9-4-2-8(12)3-5-9;1-4-7(5-2)6-3/h2-5,14H,1H3;4-6H2,1-3H3. The third-order valence-electron chi connectivity index (χ3n) is 3.04. The fourth-order valence-electron chi connectivity index (χ4n) is 1.61. The van der Waals surface area contributed by atoms with Crippen LogP contribution in [0.4, 0.5) is 0 Å². The molecule has 0 saturated heterocycles. The van der Waals surface area contributed by atoms with Crippen LogP contribution in [0.15, 0.2) is 40.5 Å². The first-order valence-corrected chi connectivity index (χ1v) is 8.58. The van der Waals surface area contributed by atoms with Gasteiger partial charge in [0.1, 0.15) is 17.4 Å². The van der Waals surface area contributed by atoms with Gasteiger partial charge in [-0.15, -0.1) is 0 Å². The maximum atomic E-state index is 11.6. The number of nitrogens with zero attached hydrogens (tertiary/aromatic N) is 2. The molecule has 0 radical (unpaired) electrons. The second-order valence-corrected chi connectivity index (χ2v) is 6.02. The van der Waals surface area contributed by atoms with Crippen LogP contribution >= 0.6 is 23.4 Å². The molecule has 0 spiro atoms. The number of benzene rings is 1. The number of aliphatic hydroxyl groups is 1. The maximum Gasteiger partial charge on any atom is 0.238 e. The Morgan fingerprint density at radius 3 is 2.00 bits per heavy atom. The summed E-state index contributed by atoms with van der Waals surface area (Å²) in [6.45, 7) is 11.4. The number of aliphatic hydroxyl groups excluding tert-OH is 1. The first-order chi connectivity index (χ1) is 10.9. The van der Waals surface area contributed by atoms with E-state index in [0.717, 1.165) is 11.8 Å². The van der Waals surface area contributed by atoms with E-state index in [9.17, 15) is 4.79 Å². The van der Waals surface area contributed by atoms with Crippen LogP contribution < -0.4 is 0 Å². The Balaban J connectivity index is 0.000000585. The first-order valence-electron chi connectivity index (χ1n) is 7.39. The lowest BCUT2D eigenvalue weighted by atomic mass is 10.3. The molecular weight excluding hydrogens is 332 g/mol. The van der Waals surface area contributed by atoms with Gasteiger partial charge in [0.25, 0.3) is 0 Å². The molecule has 1 aromatic rings. The van der Waals surface area contributed by atoms with Gasteiger partial charge in [0.05, 0.1) is 0 Å². The predicted octanol–water partition coefficient (Wildman–Crippen LogP) is 4.66. The zero-order chi connectivity index (χ0) is 17.8. The zero-order valence-corrected chi connectivity index (χ0v) is 15.5. The van der Waals surface area contributed by atoms with Crippen molar-refractivity contribution in [2.45, 2.75) is 32.6 Å². The van der Waals surface area contributed by atoms with E-state index >= 15 is 0 Å². The third kappa shape index (κ3) is 8.65. The maximum absolute atomic E-state index is 11.6. The molecule has 0 aliphatic rings. The largest absolute Gasteiger partial charge is 0.511 e. The van der Waals surface area contributed by atoms with Crippen LogP contribution in [-0.4, -0.2) is 34.8 Å². The van der Waals surface area contributed by atoms with Gasteiger partial charge < -0.3 is 10.0 Å². The first kappa shape index (κ1) is 21.5. The van der Waals surface area contributed by atoms with Gasteiger partial charge in [0.2, 0.25) is 5.12 Å². The van der Waals surface area contributed by atoms with Gasteiger partial charge in [0, 0.05) is 9.92 Å². The Labute approximate surface area is 147 Å². The number of hydrogen-bond acceptors (Lipinski definition) is 5. The lowest BCUT2D eigenvalue weighted by Crippen LogP contribution is -2.21. The summed E-state index contributed by atoms with van der Waals surface area (Å²) in [5.74, 6) is -0.269. The highest BCUT2D eigenvalue weighted by atomic mass is 35.5. The fraction of sp³-hybridized carbons (Fsp3) is 0.412. The van der Waals surface area contributed by atoms with Crippen molar-refractivity contribution < 1.29 is 9.90 Å². The molecule has 0 aromatic heterocycles. The van der Waals surface area contributed by atoms with Crippen molar-refractivity contribution in [3.05, 3.63) is 40.6 Å². The lowest BCUT2D eigenvalue weighted by molar-refractivity contribution is -0.107. The molecule has 0 amide bonds. The Hall–Kier alpha value is -1.48. The predicted molar refractivity (Wildman–Crippen MR) is 96.7 cm³/mol. The summed E-state index contributed by atoms with van der Waals surface area (Å²) in [7, 11) is 0. The molecule has 0 saturated carbocycles. The average Bonchev–Trinajstić information content (AvgIpc) is 2.52. The highest BCUT2D eigenvalue weighted by Gasteiger charge is 2.14. The topological polar surface area (TPSA) is 64.3 Å². The molecule has 126 valence electrons. The van der Waals surface area contributed by atoms with Gasteiger partial charge in [-0.3, -0.25) is 4.79 Å². The minimum absolute atomic E-state index is 0.236. The monoisotopic (exact) mass is 354 g/mol. The Kier molecular flexibility index (Phi) is 11.2. The van der Waals surface area contributed by atoms with Gasteiger partial charge in [-0.25, -0.2) is 0 Å². The van der Waals surface area contributed by atoms with Gasteiger partial charge in [-0.1, -0.05) is 32.4 Å². The van der Waals surface area contributed by atoms with Crippen LogP contribution in [0.1, 0.15) is 27.7 Å². The van der Waals surface area contributed by atoms with E-state index in [0.29, 0.717) is 9.92 Å². The summed E-state index contributed by atoms with van der Waals surface area (Å²) < 4.78 is 0. The van der Waals surface area contributed by atoms with Crippen LogP contribution in [0.3, 0.4) is 0 Å². The molecule has 23 heavy (non-hydrogen) atoms. The van der Waals surface area contributed by atoms with E-state index in [1.165, 1.54) is 26.6 Å². The molecule has 1 aromatic carbocycles. The summed E-state index contributed by atoms with van der Waals surface area (Å²) >= 11 is 6.57. The molecule has 4 nitrogen and oxygen atoms in total. The summed E-state index contributed by atoms with van der Waals surface area (Å²) in [4.78, 5) is 14.6. The molecule has 0 aliphatic heterocycles. The van der Waals surface area contributed by atoms with Crippen molar-refractivity contribution in [3.8, 4) is 6.07 Å². The van der Waals surface area contributed by atoms with Crippen LogP contribution in [0.5, 0.6) is 0 Å². The average molecular weight is 355 g/mol. The molecule has 0 heterocycles. The summed E-state index contributed by atoms with van der Waals surface area (Å²) in [5, 5.41) is 17.9. The number of carbonyl (C=O) groups excluding carboxylic acids is 1. The number of nitriles is 1. The van der Waals surface area contributed by atoms with E-state index in [1.54, 1.807) is 30.3 Å². The lowest BCUT2D eigenvalue weighted by Gasteiger charge is -2.13. The second kappa shape index (κ2) is 12.0. The second-order valence-electron chi connectivity index (χ2n) is 4.54. The normalized spacial score (nSPS) is 11.2. The van der Waals surface area contributed by atoms with Crippen molar-refractivity contribution in [2.75, 3.05) is 19.6 Å². The molecular formula is C17H23ClN2O2S. The molecule has 0 atom stereocenters. The van der Waals surface area contributed by atoms with E-state index < -0.39 is 5.12 Å². The minimum atomic E-state index is -0.482. The third-order valence-corrected chi connectivity index (χ3v) is 4.19. The Bertz CT molecular complexity index is 551.